The third-order valence-corrected chi connectivity index (χ3v) is 4.30. The lowest BCUT2D eigenvalue weighted by atomic mass is 10.3. The zero-order chi connectivity index (χ0) is 18.2. The minimum Gasteiger partial charge on any atom is -0.467 e. The average molecular weight is 363 g/mol. The van der Waals surface area contributed by atoms with Crippen LogP contribution in [-0.4, -0.2) is 28.5 Å². The second-order valence-corrected chi connectivity index (χ2v) is 6.50. The SMILES string of the molecule is C[C@@H](Sc1ccc([N+](=O)[O-])cc1)C(=O)NCC(=O)NCc1ccco1. The molecule has 0 radical (unpaired) electrons. The van der Waals surface area contributed by atoms with Gasteiger partial charge in [0, 0.05) is 17.0 Å². The highest BCUT2D eigenvalue weighted by Crippen LogP contribution is 2.25. The molecular weight excluding hydrogens is 346 g/mol. The number of benzene rings is 1. The maximum atomic E-state index is 12.0. The lowest BCUT2D eigenvalue weighted by Gasteiger charge is -2.12. The molecule has 0 fully saturated rings. The molecule has 0 aliphatic heterocycles. The second-order valence-electron chi connectivity index (χ2n) is 5.08. The number of nitro groups is 1. The molecule has 1 atom stereocenters. The quantitative estimate of drug-likeness (QED) is 0.422. The standard InChI is InChI=1S/C16H17N3O5S/c1-11(25-14-6-4-12(5-7-14)19(22)23)16(21)18-10-15(20)17-9-13-3-2-8-24-13/h2-8,11H,9-10H2,1H3,(H,17,20)(H,18,21)/t11-/m1/s1. The van der Waals surface area contributed by atoms with Crippen LogP contribution >= 0.6 is 11.8 Å². The minimum atomic E-state index is -0.480. The Kier molecular flexibility index (Phi) is 6.58. The molecule has 0 aliphatic rings. The first-order valence-electron chi connectivity index (χ1n) is 7.43. The van der Waals surface area contributed by atoms with Crippen LogP contribution in [0.25, 0.3) is 0 Å². The first-order valence-corrected chi connectivity index (χ1v) is 8.31. The van der Waals surface area contributed by atoms with Crippen molar-refractivity contribution in [3.8, 4) is 0 Å². The Labute approximate surface area is 148 Å². The van der Waals surface area contributed by atoms with Crippen molar-refractivity contribution in [2.45, 2.75) is 23.6 Å². The predicted octanol–water partition coefficient (Wildman–Crippen LogP) is 2.10. The highest BCUT2D eigenvalue weighted by molar-refractivity contribution is 8.00. The van der Waals surface area contributed by atoms with Crippen LogP contribution in [0.5, 0.6) is 0 Å². The number of thioether (sulfide) groups is 1. The van der Waals surface area contributed by atoms with E-state index in [1.807, 2.05) is 0 Å². The molecule has 1 aromatic heterocycles. The van der Waals surface area contributed by atoms with Gasteiger partial charge in [0.1, 0.15) is 5.76 Å². The first-order chi connectivity index (χ1) is 12.0. The van der Waals surface area contributed by atoms with E-state index in [0.29, 0.717) is 5.76 Å². The molecule has 1 aromatic carbocycles. The molecular formula is C16H17N3O5S. The zero-order valence-electron chi connectivity index (χ0n) is 13.4. The number of nitro benzene ring substituents is 1. The maximum absolute atomic E-state index is 12.0. The highest BCUT2D eigenvalue weighted by Gasteiger charge is 2.16. The van der Waals surface area contributed by atoms with Crippen molar-refractivity contribution in [3.63, 3.8) is 0 Å². The monoisotopic (exact) mass is 363 g/mol. The number of nitrogens with zero attached hydrogens (tertiary/aromatic N) is 1. The molecule has 0 bridgehead atoms. The van der Waals surface area contributed by atoms with E-state index in [2.05, 4.69) is 10.6 Å². The van der Waals surface area contributed by atoms with Gasteiger partial charge < -0.3 is 15.1 Å². The smallest absolute Gasteiger partial charge is 0.269 e. The Balaban J connectivity index is 1.73. The van der Waals surface area contributed by atoms with Crippen LogP contribution in [0.1, 0.15) is 12.7 Å². The van der Waals surface area contributed by atoms with E-state index in [1.165, 1.54) is 30.2 Å². The Bertz CT molecular complexity index is 731. The Hall–Kier alpha value is -2.81. The van der Waals surface area contributed by atoms with Crippen LogP contribution in [0.4, 0.5) is 5.69 Å². The summed E-state index contributed by atoms with van der Waals surface area (Å²) in [5, 5.41) is 15.3. The number of nitrogens with one attached hydrogen (secondary N) is 2. The summed E-state index contributed by atoms with van der Waals surface area (Å²) in [6.07, 6.45) is 1.51. The lowest BCUT2D eigenvalue weighted by Crippen LogP contribution is -2.39. The van der Waals surface area contributed by atoms with E-state index in [4.69, 9.17) is 4.42 Å². The van der Waals surface area contributed by atoms with Crippen LogP contribution in [0.3, 0.4) is 0 Å². The van der Waals surface area contributed by atoms with Crippen molar-refractivity contribution in [1.82, 2.24) is 10.6 Å². The van der Waals surface area contributed by atoms with Crippen LogP contribution in [0, 0.1) is 10.1 Å². The molecule has 2 aromatic rings. The van der Waals surface area contributed by atoms with E-state index in [9.17, 15) is 19.7 Å². The second kappa shape index (κ2) is 8.88. The molecule has 25 heavy (non-hydrogen) atoms. The molecule has 0 spiro atoms. The van der Waals surface area contributed by atoms with Crippen LogP contribution in [0.15, 0.2) is 52.0 Å². The van der Waals surface area contributed by atoms with Gasteiger partial charge in [-0.2, -0.15) is 0 Å². The van der Waals surface area contributed by atoms with Gasteiger partial charge in [-0.1, -0.05) is 0 Å². The number of furan rings is 1. The molecule has 0 unspecified atom stereocenters. The third-order valence-electron chi connectivity index (χ3n) is 3.19. The fourth-order valence-electron chi connectivity index (χ4n) is 1.88. The van der Waals surface area contributed by atoms with E-state index in [1.54, 1.807) is 31.2 Å². The summed E-state index contributed by atoms with van der Waals surface area (Å²) in [5.41, 5.74) is -0.00492. The molecule has 9 heteroatoms. The largest absolute Gasteiger partial charge is 0.467 e. The average Bonchev–Trinajstić information content (AvgIpc) is 3.11. The number of hydrogen-bond acceptors (Lipinski definition) is 6. The summed E-state index contributed by atoms with van der Waals surface area (Å²) in [6.45, 7) is 1.82. The Morgan fingerprint density at radius 2 is 1.96 bits per heavy atom. The summed E-state index contributed by atoms with van der Waals surface area (Å²) in [4.78, 5) is 34.6. The van der Waals surface area contributed by atoms with E-state index in [-0.39, 0.29) is 30.6 Å². The number of rotatable bonds is 8. The van der Waals surface area contributed by atoms with Gasteiger partial charge in [0.2, 0.25) is 11.8 Å². The van der Waals surface area contributed by atoms with Crippen LogP contribution in [0.2, 0.25) is 0 Å². The van der Waals surface area contributed by atoms with Crippen molar-refractivity contribution < 1.29 is 18.9 Å². The van der Waals surface area contributed by atoms with Crippen molar-refractivity contribution in [1.29, 1.82) is 0 Å². The van der Waals surface area contributed by atoms with Gasteiger partial charge in [0.15, 0.2) is 0 Å². The summed E-state index contributed by atoms with van der Waals surface area (Å²) in [5.74, 6) is 0.00978. The molecule has 2 N–H and O–H groups in total. The molecule has 0 aliphatic carbocycles. The van der Waals surface area contributed by atoms with Gasteiger partial charge in [0.05, 0.1) is 29.5 Å². The van der Waals surface area contributed by atoms with Crippen molar-refractivity contribution in [3.05, 3.63) is 58.5 Å². The first kappa shape index (κ1) is 18.5. The summed E-state index contributed by atoms with van der Waals surface area (Å²) >= 11 is 1.25. The molecule has 0 saturated heterocycles. The Morgan fingerprint density at radius 1 is 1.24 bits per heavy atom. The van der Waals surface area contributed by atoms with Gasteiger partial charge >= 0.3 is 0 Å². The van der Waals surface area contributed by atoms with Crippen LogP contribution < -0.4 is 10.6 Å². The van der Waals surface area contributed by atoms with Crippen molar-refractivity contribution in [2.75, 3.05) is 6.54 Å². The van der Waals surface area contributed by atoms with Crippen molar-refractivity contribution in [2.24, 2.45) is 0 Å². The normalized spacial score (nSPS) is 11.6. The van der Waals surface area contributed by atoms with E-state index in [0.717, 1.165) is 4.90 Å². The maximum Gasteiger partial charge on any atom is 0.269 e. The minimum absolute atomic E-state index is 0.00492. The fourth-order valence-corrected chi connectivity index (χ4v) is 2.77. The summed E-state index contributed by atoms with van der Waals surface area (Å²) in [7, 11) is 0. The fraction of sp³-hybridized carbons (Fsp3) is 0.250. The van der Waals surface area contributed by atoms with E-state index < -0.39 is 10.2 Å². The number of amides is 2. The van der Waals surface area contributed by atoms with Crippen LogP contribution in [-0.2, 0) is 16.1 Å². The van der Waals surface area contributed by atoms with Gasteiger partial charge in [-0.15, -0.1) is 11.8 Å². The number of hydrogen-bond donors (Lipinski definition) is 2. The Morgan fingerprint density at radius 3 is 2.56 bits per heavy atom. The van der Waals surface area contributed by atoms with Gasteiger partial charge in [-0.25, -0.2) is 0 Å². The van der Waals surface area contributed by atoms with Gasteiger partial charge in [-0.3, -0.25) is 19.7 Å². The number of carbonyl (C=O) groups excluding carboxylic acids is 2. The van der Waals surface area contributed by atoms with Crippen molar-refractivity contribution >= 4 is 29.3 Å². The lowest BCUT2D eigenvalue weighted by molar-refractivity contribution is -0.384. The molecule has 8 nitrogen and oxygen atoms in total. The number of carbonyl (C=O) groups is 2. The van der Waals surface area contributed by atoms with Gasteiger partial charge in [-0.05, 0) is 31.2 Å². The van der Waals surface area contributed by atoms with E-state index >= 15 is 0 Å². The molecule has 2 rings (SSSR count). The molecule has 0 saturated carbocycles. The predicted molar refractivity (Wildman–Crippen MR) is 92.0 cm³/mol. The highest BCUT2D eigenvalue weighted by atomic mass is 32.2. The topological polar surface area (TPSA) is 114 Å². The molecule has 2 amide bonds. The molecule has 132 valence electrons. The third kappa shape index (κ3) is 5.96. The summed E-state index contributed by atoms with van der Waals surface area (Å²) < 4.78 is 5.09. The summed E-state index contributed by atoms with van der Waals surface area (Å²) in [6, 6.07) is 9.40. The number of non-ortho nitro benzene ring substituents is 1. The molecule has 1 heterocycles. The van der Waals surface area contributed by atoms with Gasteiger partial charge in [0.25, 0.3) is 5.69 Å². The zero-order valence-corrected chi connectivity index (χ0v) is 14.2.